The Morgan fingerprint density at radius 2 is 2.20 bits per heavy atom. The van der Waals surface area contributed by atoms with Crippen molar-refractivity contribution in [1.82, 2.24) is 20.3 Å². The molecule has 1 rings (SSSR count). The minimum atomic E-state index is -0.565. The van der Waals surface area contributed by atoms with Gasteiger partial charge in [-0.05, 0) is 13.3 Å². The third-order valence-corrected chi connectivity index (χ3v) is 2.89. The maximum atomic E-state index is 11.8. The number of nitrogens with zero attached hydrogens (tertiary/aromatic N) is 3. The Labute approximate surface area is 118 Å². The number of unbranched alkanes of at least 4 members (excludes halogenated alkanes) is 2. The van der Waals surface area contributed by atoms with Crippen molar-refractivity contribution in [3.63, 3.8) is 0 Å². The Hall–Kier alpha value is -1.92. The van der Waals surface area contributed by atoms with E-state index in [2.05, 4.69) is 27.3 Å². The number of ether oxygens (including phenoxy) is 1. The second kappa shape index (κ2) is 8.29. The highest BCUT2D eigenvalue weighted by molar-refractivity contribution is 5.86. The van der Waals surface area contributed by atoms with Gasteiger partial charge in [-0.25, -0.2) is 9.48 Å². The number of rotatable bonds is 8. The van der Waals surface area contributed by atoms with Crippen molar-refractivity contribution in [2.24, 2.45) is 0 Å². The van der Waals surface area contributed by atoms with E-state index in [0.29, 0.717) is 0 Å². The molecule has 20 heavy (non-hydrogen) atoms. The highest BCUT2D eigenvalue weighted by Gasteiger charge is 2.13. The lowest BCUT2D eigenvalue weighted by Crippen LogP contribution is -2.35. The number of carbonyl (C=O) groups is 2. The summed E-state index contributed by atoms with van der Waals surface area (Å²) in [4.78, 5) is 23.0. The highest BCUT2D eigenvalue weighted by Crippen LogP contribution is 2.03. The number of amides is 1. The predicted molar refractivity (Wildman–Crippen MR) is 73.1 cm³/mol. The Kier molecular flexibility index (Phi) is 6.69. The first kappa shape index (κ1) is 16.1. The fourth-order valence-electron chi connectivity index (χ4n) is 1.81. The summed E-state index contributed by atoms with van der Waals surface area (Å²) in [6, 6.07) is 0.137. The molecule has 7 heteroatoms. The SMILES string of the molecule is CCCCCC(C)NC(=O)Cn1cc(C(=O)OC)nn1. The van der Waals surface area contributed by atoms with Crippen molar-refractivity contribution in [3.8, 4) is 0 Å². The third-order valence-electron chi connectivity index (χ3n) is 2.89. The molecule has 0 radical (unpaired) electrons. The van der Waals surface area contributed by atoms with Gasteiger partial charge < -0.3 is 10.1 Å². The highest BCUT2D eigenvalue weighted by atomic mass is 16.5. The molecule has 0 saturated carbocycles. The Balaban J connectivity index is 2.38. The molecule has 1 aromatic heterocycles. The largest absolute Gasteiger partial charge is 0.464 e. The lowest BCUT2D eigenvalue weighted by molar-refractivity contribution is -0.122. The second-order valence-corrected chi connectivity index (χ2v) is 4.76. The van der Waals surface area contributed by atoms with Gasteiger partial charge in [0, 0.05) is 6.04 Å². The van der Waals surface area contributed by atoms with Crippen LogP contribution >= 0.6 is 0 Å². The van der Waals surface area contributed by atoms with E-state index in [0.717, 1.165) is 19.3 Å². The standard InChI is InChI=1S/C13H22N4O3/c1-4-5-6-7-10(2)14-12(18)9-17-8-11(15-16-17)13(19)20-3/h8,10H,4-7,9H2,1-3H3,(H,14,18). The minimum Gasteiger partial charge on any atom is -0.464 e. The average molecular weight is 282 g/mol. The van der Waals surface area contributed by atoms with Crippen molar-refractivity contribution in [3.05, 3.63) is 11.9 Å². The summed E-state index contributed by atoms with van der Waals surface area (Å²) < 4.78 is 5.84. The molecule has 1 N–H and O–H groups in total. The first-order chi connectivity index (χ1) is 9.56. The maximum absolute atomic E-state index is 11.8. The van der Waals surface area contributed by atoms with Crippen molar-refractivity contribution in [1.29, 1.82) is 0 Å². The fourth-order valence-corrected chi connectivity index (χ4v) is 1.81. The molecule has 0 saturated heterocycles. The lowest BCUT2D eigenvalue weighted by Gasteiger charge is -2.13. The van der Waals surface area contributed by atoms with Crippen molar-refractivity contribution < 1.29 is 14.3 Å². The van der Waals surface area contributed by atoms with Crippen LogP contribution in [0.3, 0.4) is 0 Å². The first-order valence-corrected chi connectivity index (χ1v) is 6.84. The summed E-state index contributed by atoms with van der Waals surface area (Å²) in [7, 11) is 1.27. The van der Waals surface area contributed by atoms with E-state index < -0.39 is 5.97 Å². The first-order valence-electron chi connectivity index (χ1n) is 6.84. The Morgan fingerprint density at radius 3 is 2.85 bits per heavy atom. The van der Waals surface area contributed by atoms with Crippen LogP contribution in [0.25, 0.3) is 0 Å². The molecule has 0 bridgehead atoms. The minimum absolute atomic E-state index is 0.0438. The molecule has 1 atom stereocenters. The second-order valence-electron chi connectivity index (χ2n) is 4.76. The molecule has 7 nitrogen and oxygen atoms in total. The van der Waals surface area contributed by atoms with Crippen LogP contribution in [0.15, 0.2) is 6.20 Å². The van der Waals surface area contributed by atoms with Gasteiger partial charge in [-0.3, -0.25) is 4.79 Å². The van der Waals surface area contributed by atoms with Crippen molar-refractivity contribution in [2.75, 3.05) is 7.11 Å². The number of hydrogen-bond donors (Lipinski definition) is 1. The van der Waals surface area contributed by atoms with Gasteiger partial charge in [0.1, 0.15) is 6.54 Å². The van der Waals surface area contributed by atoms with E-state index in [-0.39, 0.29) is 24.2 Å². The van der Waals surface area contributed by atoms with Gasteiger partial charge in [0.2, 0.25) is 5.91 Å². The molecule has 0 spiro atoms. The normalized spacial score (nSPS) is 11.9. The quantitative estimate of drug-likeness (QED) is 0.571. The summed E-state index contributed by atoms with van der Waals surface area (Å²) in [5, 5.41) is 10.2. The summed E-state index contributed by atoms with van der Waals surface area (Å²) in [6.45, 7) is 4.17. The number of hydrogen-bond acceptors (Lipinski definition) is 5. The molecule has 0 aliphatic rings. The van der Waals surface area contributed by atoms with Crippen molar-refractivity contribution >= 4 is 11.9 Å². The van der Waals surface area contributed by atoms with Gasteiger partial charge in [0.25, 0.3) is 0 Å². The molecule has 0 aromatic carbocycles. The van der Waals surface area contributed by atoms with E-state index in [1.807, 2.05) is 6.92 Å². The number of methoxy groups -OCH3 is 1. The van der Waals surface area contributed by atoms with Crippen LogP contribution in [0.2, 0.25) is 0 Å². The average Bonchev–Trinajstić information content (AvgIpc) is 2.86. The van der Waals surface area contributed by atoms with E-state index >= 15 is 0 Å². The molecule has 1 amide bonds. The number of carbonyl (C=O) groups excluding carboxylic acids is 2. The summed E-state index contributed by atoms with van der Waals surface area (Å²) in [6.07, 6.45) is 5.80. The van der Waals surface area contributed by atoms with Gasteiger partial charge in [-0.15, -0.1) is 5.10 Å². The number of nitrogens with one attached hydrogen (secondary N) is 1. The van der Waals surface area contributed by atoms with Crippen LogP contribution in [0.4, 0.5) is 0 Å². The zero-order valence-corrected chi connectivity index (χ0v) is 12.3. The third kappa shape index (κ3) is 5.38. The number of esters is 1. The van der Waals surface area contributed by atoms with E-state index in [9.17, 15) is 9.59 Å². The molecule has 0 aliphatic carbocycles. The van der Waals surface area contributed by atoms with Crippen molar-refractivity contribution in [2.45, 2.75) is 52.1 Å². The van der Waals surface area contributed by atoms with Crippen LogP contribution < -0.4 is 5.32 Å². The van der Waals surface area contributed by atoms with Gasteiger partial charge in [0.05, 0.1) is 13.3 Å². The monoisotopic (exact) mass is 282 g/mol. The zero-order chi connectivity index (χ0) is 15.0. The Bertz CT molecular complexity index is 445. The van der Waals surface area contributed by atoms with Crippen LogP contribution in [0.1, 0.15) is 50.0 Å². The molecule has 1 heterocycles. The van der Waals surface area contributed by atoms with Gasteiger partial charge in [0.15, 0.2) is 5.69 Å². The summed E-state index contributed by atoms with van der Waals surface area (Å²) >= 11 is 0. The maximum Gasteiger partial charge on any atom is 0.360 e. The van der Waals surface area contributed by atoms with Crippen LogP contribution in [0, 0.1) is 0 Å². The smallest absolute Gasteiger partial charge is 0.360 e. The van der Waals surface area contributed by atoms with E-state index in [1.165, 1.54) is 24.4 Å². The summed E-state index contributed by atoms with van der Waals surface area (Å²) in [5.74, 6) is -0.708. The topological polar surface area (TPSA) is 86.1 Å². The van der Waals surface area contributed by atoms with Gasteiger partial charge in [-0.1, -0.05) is 31.4 Å². The molecule has 112 valence electrons. The predicted octanol–water partition coefficient (Wildman–Crippen LogP) is 1.15. The fraction of sp³-hybridized carbons (Fsp3) is 0.692. The zero-order valence-electron chi connectivity index (χ0n) is 12.3. The molecule has 1 unspecified atom stereocenters. The molecular weight excluding hydrogens is 260 g/mol. The molecule has 1 aromatic rings. The molecule has 0 fully saturated rings. The summed E-state index contributed by atoms with van der Waals surface area (Å²) in [5.41, 5.74) is 0.0938. The lowest BCUT2D eigenvalue weighted by atomic mass is 10.1. The van der Waals surface area contributed by atoms with E-state index in [4.69, 9.17) is 0 Å². The molecule has 0 aliphatic heterocycles. The Morgan fingerprint density at radius 1 is 1.45 bits per heavy atom. The van der Waals surface area contributed by atoms with Crippen LogP contribution in [-0.4, -0.2) is 40.0 Å². The van der Waals surface area contributed by atoms with Gasteiger partial charge >= 0.3 is 5.97 Å². The van der Waals surface area contributed by atoms with Crippen LogP contribution in [-0.2, 0) is 16.1 Å². The number of aromatic nitrogens is 3. The van der Waals surface area contributed by atoms with Crippen LogP contribution in [0.5, 0.6) is 0 Å². The van der Waals surface area contributed by atoms with Gasteiger partial charge in [-0.2, -0.15) is 0 Å². The van der Waals surface area contributed by atoms with E-state index in [1.54, 1.807) is 0 Å². The molecular formula is C13H22N4O3.